The summed E-state index contributed by atoms with van der Waals surface area (Å²) in [5.41, 5.74) is 12.6. The highest BCUT2D eigenvalue weighted by Crippen LogP contribution is 2.37. The number of Topliss-reactive ketones (excluding diaryl/α,β-unsaturated/α-hetero) is 1. The van der Waals surface area contributed by atoms with E-state index in [1.165, 1.54) is 31.2 Å². The number of ether oxygens (including phenoxy) is 3. The summed E-state index contributed by atoms with van der Waals surface area (Å²) in [7, 11) is 0. The number of aromatic nitrogens is 1. The van der Waals surface area contributed by atoms with Crippen LogP contribution in [0, 0.1) is 17.5 Å². The number of ketones is 1. The van der Waals surface area contributed by atoms with Gasteiger partial charge in [-0.3, -0.25) is 19.2 Å². The summed E-state index contributed by atoms with van der Waals surface area (Å²) >= 11 is 4.14. The summed E-state index contributed by atoms with van der Waals surface area (Å²) in [4.78, 5) is 86.0. The second-order valence-corrected chi connectivity index (χ2v) is 12.0. The molecule has 0 saturated carbocycles. The first-order chi connectivity index (χ1) is 30.9. The smallest absolute Gasteiger partial charge is 0.421 e. The number of nitrogens with two attached hydrogens (primary N) is 1. The van der Waals surface area contributed by atoms with E-state index in [0.29, 0.717) is 18.5 Å². The van der Waals surface area contributed by atoms with Crippen LogP contribution in [-0.4, -0.2) is 105 Å². The molecule has 0 aliphatic carbocycles. The molecule has 0 spiro atoms. The molecule has 3 heterocycles. The second-order valence-electron chi connectivity index (χ2n) is 12.0. The van der Waals surface area contributed by atoms with Gasteiger partial charge >= 0.3 is 29.8 Å². The van der Waals surface area contributed by atoms with Gasteiger partial charge < -0.3 is 56.4 Å². The maximum Gasteiger partial charge on any atom is 0.421 e. The Balaban J connectivity index is 0.000000430. The fraction of sp³-hybridized carbons (Fsp3) is 0.275. The maximum absolute atomic E-state index is 13.3. The number of aliphatic hydroxyl groups is 1. The summed E-state index contributed by atoms with van der Waals surface area (Å²) in [6, 6.07) is 10.3. The van der Waals surface area contributed by atoms with E-state index >= 15 is 0 Å². The van der Waals surface area contributed by atoms with Crippen molar-refractivity contribution in [3.63, 3.8) is 0 Å². The third-order valence-corrected chi connectivity index (χ3v) is 7.92. The molecule has 0 saturated heterocycles. The van der Waals surface area contributed by atoms with Gasteiger partial charge in [-0.2, -0.15) is 9.58 Å². The van der Waals surface area contributed by atoms with Crippen molar-refractivity contribution in [1.29, 1.82) is 0 Å². The Bertz CT molecular complexity index is 2550. The first-order valence-electron chi connectivity index (χ1n) is 18.8. The minimum absolute atomic E-state index is 0.0500. The number of hydrogen-bond donors (Lipinski definition) is 7. The molecule has 6 rings (SSSR count). The predicted molar refractivity (Wildman–Crippen MR) is 226 cm³/mol. The van der Waals surface area contributed by atoms with Crippen molar-refractivity contribution >= 4 is 81.5 Å². The monoisotopic (exact) mass is 933 g/mol. The average Bonchev–Trinajstić information content (AvgIpc) is 3.69. The van der Waals surface area contributed by atoms with Gasteiger partial charge in [0, 0.05) is 22.2 Å². The Morgan fingerprint density at radius 1 is 0.815 bits per heavy atom. The van der Waals surface area contributed by atoms with Gasteiger partial charge in [0.05, 0.1) is 31.1 Å². The van der Waals surface area contributed by atoms with Gasteiger partial charge in [-0.05, 0) is 100 Å². The molecule has 1 atom stereocenters. The summed E-state index contributed by atoms with van der Waals surface area (Å²) in [5, 5.41) is 31.8. The van der Waals surface area contributed by atoms with Gasteiger partial charge in [-0.1, -0.05) is 13.8 Å². The first kappa shape index (κ1) is 55.4. The zero-order valence-corrected chi connectivity index (χ0v) is 35.9. The predicted octanol–water partition coefficient (Wildman–Crippen LogP) is 3.27. The van der Waals surface area contributed by atoms with Gasteiger partial charge in [0.15, 0.2) is 5.75 Å². The van der Waals surface area contributed by atoms with E-state index in [4.69, 9.17) is 15.8 Å². The van der Waals surface area contributed by atoms with Crippen molar-refractivity contribution in [2.75, 3.05) is 43.5 Å². The standard InChI is InChI=1S/C12H10FN3O4.C12H10FNO4.C8H4FNO2.C4H6N2O2.C4H11N.ClH2N/c1-2-20-10(17)9(16-14)12(19)7-5-6(13)3-4-8(7)15-11(12)18;1-2-18-12(17)9-7-5-6(13)3-4-8(7)14-11(16)10(9)15;9-4-1-2-6-5(3-4)7(11)8(12)10-6;1-2-8-4(7)3-6-5;1-3-5-4-2;1-2/h3-5,19H,2H2,1H3,(H,15,18);3-5,15H,2H2,1H3,(H,14,16);1-3H,(H,10,11,12);3H,2H2,1H3;5H,3-4H2,1-2H3;2H2. The summed E-state index contributed by atoms with van der Waals surface area (Å²) < 4.78 is 52.7. The lowest BCUT2D eigenvalue weighted by Crippen LogP contribution is -2.47. The van der Waals surface area contributed by atoms with E-state index in [1.54, 1.807) is 13.8 Å². The van der Waals surface area contributed by atoms with Gasteiger partial charge in [0.2, 0.25) is 0 Å². The van der Waals surface area contributed by atoms with Crippen LogP contribution in [0.5, 0.6) is 5.75 Å². The lowest BCUT2D eigenvalue weighted by Gasteiger charge is -2.14. The molecule has 4 aromatic rings. The van der Waals surface area contributed by atoms with Crippen LogP contribution < -0.4 is 26.8 Å². The van der Waals surface area contributed by atoms with Crippen LogP contribution in [0.3, 0.4) is 0 Å². The molecule has 1 aromatic heterocycles. The van der Waals surface area contributed by atoms with Crippen LogP contribution in [-0.2, 0) is 39.0 Å². The molecule has 0 bridgehead atoms. The number of nitrogens with zero attached hydrogens (tertiary/aromatic N) is 4. The zero-order chi connectivity index (χ0) is 49.4. The van der Waals surface area contributed by atoms with E-state index in [2.05, 4.69) is 70.9 Å². The van der Waals surface area contributed by atoms with Crippen molar-refractivity contribution in [3.8, 4) is 5.75 Å². The molecule has 65 heavy (non-hydrogen) atoms. The number of fused-ring (bicyclic) bond motifs is 3. The molecular formula is C40H43ClF3N9O12. The van der Waals surface area contributed by atoms with Gasteiger partial charge in [0.25, 0.3) is 28.8 Å². The third kappa shape index (κ3) is 15.0. The Kier molecular flexibility index (Phi) is 23.4. The minimum atomic E-state index is -2.60. The minimum Gasteiger partial charge on any atom is -0.502 e. The number of hydrogen-bond acceptors (Lipinski definition) is 14. The molecule has 8 N–H and O–H groups in total. The molecule has 0 fully saturated rings. The molecular weight excluding hydrogens is 891 g/mol. The number of pyridine rings is 1. The van der Waals surface area contributed by atoms with Crippen molar-refractivity contribution in [2.45, 2.75) is 40.2 Å². The van der Waals surface area contributed by atoms with E-state index < -0.39 is 75.6 Å². The third-order valence-electron chi connectivity index (χ3n) is 7.92. The van der Waals surface area contributed by atoms with Crippen molar-refractivity contribution < 1.29 is 75.9 Å². The number of halogens is 4. The quantitative estimate of drug-likeness (QED) is 0.0241. The highest BCUT2D eigenvalue weighted by atomic mass is 35.5. The number of amides is 2. The Labute approximate surface area is 372 Å². The van der Waals surface area contributed by atoms with Crippen LogP contribution in [0.1, 0.15) is 60.9 Å². The summed E-state index contributed by atoms with van der Waals surface area (Å²) in [6.07, 6.45) is 0.698. The Morgan fingerprint density at radius 2 is 1.37 bits per heavy atom. The number of rotatable bonds is 9. The maximum atomic E-state index is 13.3. The molecule has 1 unspecified atom stereocenters. The van der Waals surface area contributed by atoms with Crippen LogP contribution in [0.25, 0.3) is 22.0 Å². The van der Waals surface area contributed by atoms with Crippen molar-refractivity contribution in [1.82, 2.24) is 10.3 Å². The van der Waals surface area contributed by atoms with Crippen LogP contribution in [0.4, 0.5) is 24.5 Å². The number of esters is 3. The topological polar surface area (TPSA) is 338 Å². The van der Waals surface area contributed by atoms with Crippen LogP contribution in [0.15, 0.2) is 59.4 Å². The molecule has 2 aliphatic heterocycles. The van der Waals surface area contributed by atoms with Crippen LogP contribution in [0.2, 0.25) is 0 Å². The number of benzene rings is 3. The molecule has 3 aromatic carbocycles. The van der Waals surface area contributed by atoms with Crippen LogP contribution >= 0.6 is 11.8 Å². The van der Waals surface area contributed by atoms with E-state index in [0.717, 1.165) is 43.4 Å². The number of carbonyl (C=O) groups is 6. The van der Waals surface area contributed by atoms with E-state index in [-0.39, 0.29) is 46.5 Å². The van der Waals surface area contributed by atoms with Gasteiger partial charge in [-0.15, -0.1) is 0 Å². The lowest BCUT2D eigenvalue weighted by molar-refractivity contribution is -0.147. The van der Waals surface area contributed by atoms with E-state index in [1.807, 2.05) is 0 Å². The molecule has 348 valence electrons. The lowest BCUT2D eigenvalue weighted by atomic mass is 9.90. The molecule has 2 amide bonds. The highest BCUT2D eigenvalue weighted by Gasteiger charge is 2.59. The van der Waals surface area contributed by atoms with E-state index in [9.17, 15) is 56.9 Å². The number of aromatic hydroxyl groups is 1. The molecule has 0 radical (unpaired) electrons. The van der Waals surface area contributed by atoms with Gasteiger partial charge in [-0.25, -0.2) is 32.8 Å². The summed E-state index contributed by atoms with van der Waals surface area (Å²) in [5.74, 6) is -7.67. The van der Waals surface area contributed by atoms with Gasteiger partial charge in [0.1, 0.15) is 23.0 Å². The number of anilines is 2. The highest BCUT2D eigenvalue weighted by molar-refractivity contribution is 6.51. The molecule has 2 aliphatic rings. The SMILES string of the molecule is CCNCC.CCOC(=O)C(=[N+]=[N-])C1(O)C(=O)Nc2ccc(F)cc21.CCOC(=O)C=[N+]=[N-].CCOC(=O)c1c(O)c(=O)[nH]c2ccc(F)cc12.NCl.O=C1Nc2ccc(F)cc2C1=O. The number of H-pyrrole nitrogens is 1. The Hall–Kier alpha value is -7.59. The Morgan fingerprint density at radius 3 is 1.91 bits per heavy atom. The average molecular weight is 934 g/mol. The summed E-state index contributed by atoms with van der Waals surface area (Å²) in [6.45, 7) is 11.5. The largest absolute Gasteiger partial charge is 0.502 e. The van der Waals surface area contributed by atoms with Crippen molar-refractivity contribution in [3.05, 3.63) is 110 Å². The second kappa shape index (κ2) is 27.5. The van der Waals surface area contributed by atoms with Crippen molar-refractivity contribution in [2.24, 2.45) is 5.25 Å². The number of nitrogens with one attached hydrogen (secondary N) is 4. The zero-order valence-electron chi connectivity index (χ0n) is 35.2. The normalized spacial score (nSPS) is 13.3. The molecule has 21 nitrogen and oxygen atoms in total. The fourth-order valence-electron chi connectivity index (χ4n) is 5.21. The molecule has 25 heteroatoms. The number of carbonyl (C=O) groups excluding carboxylic acids is 6. The fourth-order valence-corrected chi connectivity index (χ4v) is 5.21. The number of aromatic amines is 1. The first-order valence-corrected chi connectivity index (χ1v) is 19.2.